The average Bonchev–Trinajstić information content (AvgIpc) is 3.28. The van der Waals surface area contributed by atoms with Gasteiger partial charge < -0.3 is 10.0 Å². The number of carbonyl (C=O) groups excluding carboxylic acids is 1. The Hall–Kier alpha value is -2.55. The van der Waals surface area contributed by atoms with Crippen LogP contribution in [-0.2, 0) is 4.79 Å². The van der Waals surface area contributed by atoms with Crippen molar-refractivity contribution < 1.29 is 14.7 Å². The Kier molecular flexibility index (Phi) is 6.26. The van der Waals surface area contributed by atoms with Gasteiger partial charge in [0.05, 0.1) is 27.4 Å². The molecule has 1 aliphatic rings. The first-order valence-corrected chi connectivity index (χ1v) is 11.1. The minimum Gasteiger partial charge on any atom is -0.481 e. The molecule has 156 valence electrons. The van der Waals surface area contributed by atoms with E-state index < -0.39 is 5.97 Å². The van der Waals surface area contributed by atoms with Gasteiger partial charge >= 0.3 is 5.97 Å². The summed E-state index contributed by atoms with van der Waals surface area (Å²) in [7, 11) is 0. The highest BCUT2D eigenvalue weighted by Crippen LogP contribution is 2.29. The minimum atomic E-state index is -0.772. The van der Waals surface area contributed by atoms with Gasteiger partial charge in [-0.1, -0.05) is 17.7 Å². The van der Waals surface area contributed by atoms with Crippen molar-refractivity contribution in [3.63, 3.8) is 0 Å². The number of carboxylic acid groups (broad SMARTS) is 1. The maximum Gasteiger partial charge on any atom is 0.303 e. The Bertz CT molecular complexity index is 1070. The van der Waals surface area contributed by atoms with Crippen molar-refractivity contribution in [3.8, 4) is 11.4 Å². The number of aromatic nitrogens is 2. The highest BCUT2D eigenvalue weighted by Gasteiger charge is 2.22. The maximum absolute atomic E-state index is 13.0. The van der Waals surface area contributed by atoms with Crippen molar-refractivity contribution >= 4 is 45.7 Å². The molecule has 0 radical (unpaired) electrons. The van der Waals surface area contributed by atoms with Crippen LogP contribution in [0.25, 0.3) is 22.3 Å². The van der Waals surface area contributed by atoms with Gasteiger partial charge in [0.1, 0.15) is 0 Å². The summed E-state index contributed by atoms with van der Waals surface area (Å²) in [6.45, 7) is 3.48. The van der Waals surface area contributed by atoms with Gasteiger partial charge in [-0.3, -0.25) is 14.5 Å². The van der Waals surface area contributed by atoms with Crippen LogP contribution in [0.2, 0.25) is 5.02 Å². The van der Waals surface area contributed by atoms with E-state index in [0.717, 1.165) is 30.7 Å². The Balaban J connectivity index is 1.47. The number of hydrogen-bond acceptors (Lipinski definition) is 6. The SMILES string of the molecule is O=C(O)CCCN1CCN(C(=O)c2ccc3c(Cl)cc(-c4cscn4)nc3c2)CC1. The quantitative estimate of drug-likeness (QED) is 0.624. The number of fused-ring (bicyclic) bond motifs is 1. The van der Waals surface area contributed by atoms with Crippen molar-refractivity contribution in [3.05, 3.63) is 45.7 Å². The van der Waals surface area contributed by atoms with Crippen LogP contribution in [0.4, 0.5) is 0 Å². The maximum atomic E-state index is 13.0. The van der Waals surface area contributed by atoms with Crippen LogP contribution in [0, 0.1) is 0 Å². The van der Waals surface area contributed by atoms with Gasteiger partial charge in [0, 0.05) is 48.9 Å². The molecule has 1 N–H and O–H groups in total. The van der Waals surface area contributed by atoms with E-state index >= 15 is 0 Å². The van der Waals surface area contributed by atoms with Gasteiger partial charge in [0.15, 0.2) is 0 Å². The molecular weight excluding hydrogens is 424 g/mol. The fraction of sp³-hybridized carbons (Fsp3) is 0.333. The smallest absolute Gasteiger partial charge is 0.303 e. The second-order valence-electron chi connectivity index (χ2n) is 7.23. The van der Waals surface area contributed by atoms with Gasteiger partial charge in [0.2, 0.25) is 0 Å². The minimum absolute atomic E-state index is 0.0286. The molecule has 1 amide bonds. The number of rotatable bonds is 6. The first kappa shape index (κ1) is 20.7. The van der Waals surface area contributed by atoms with E-state index in [9.17, 15) is 9.59 Å². The zero-order chi connectivity index (χ0) is 21.1. The summed E-state index contributed by atoms with van der Waals surface area (Å²) in [5.41, 5.74) is 4.45. The second kappa shape index (κ2) is 9.07. The first-order valence-electron chi connectivity index (χ1n) is 9.73. The molecule has 7 nitrogen and oxygen atoms in total. The second-order valence-corrected chi connectivity index (χ2v) is 8.35. The van der Waals surface area contributed by atoms with Crippen LogP contribution in [0.15, 0.2) is 35.2 Å². The molecule has 1 saturated heterocycles. The van der Waals surface area contributed by atoms with E-state index in [-0.39, 0.29) is 12.3 Å². The molecule has 3 heterocycles. The molecule has 0 saturated carbocycles. The summed E-state index contributed by atoms with van der Waals surface area (Å²) < 4.78 is 0. The van der Waals surface area contributed by atoms with Crippen LogP contribution in [-0.4, -0.2) is 69.5 Å². The van der Waals surface area contributed by atoms with Crippen LogP contribution >= 0.6 is 22.9 Å². The van der Waals surface area contributed by atoms with Crippen LogP contribution in [0.3, 0.4) is 0 Å². The van der Waals surface area contributed by atoms with Gasteiger partial charge in [-0.2, -0.15) is 0 Å². The molecule has 4 rings (SSSR count). The number of halogens is 1. The summed E-state index contributed by atoms with van der Waals surface area (Å²) in [5, 5.41) is 12.1. The zero-order valence-electron chi connectivity index (χ0n) is 16.3. The molecule has 3 aromatic rings. The van der Waals surface area contributed by atoms with E-state index in [0.29, 0.717) is 41.3 Å². The molecule has 0 bridgehead atoms. The van der Waals surface area contributed by atoms with Crippen LogP contribution in [0.1, 0.15) is 23.2 Å². The van der Waals surface area contributed by atoms with Gasteiger partial charge in [-0.15, -0.1) is 11.3 Å². The van der Waals surface area contributed by atoms with E-state index in [1.165, 1.54) is 11.3 Å². The normalized spacial score (nSPS) is 14.9. The largest absolute Gasteiger partial charge is 0.481 e. The predicted molar refractivity (Wildman–Crippen MR) is 117 cm³/mol. The zero-order valence-corrected chi connectivity index (χ0v) is 17.8. The van der Waals surface area contributed by atoms with Crippen molar-refractivity contribution in [1.29, 1.82) is 0 Å². The number of carbonyl (C=O) groups is 2. The third-order valence-electron chi connectivity index (χ3n) is 5.23. The third-order valence-corrected chi connectivity index (χ3v) is 6.12. The number of benzene rings is 1. The molecular formula is C21H21ClN4O3S. The van der Waals surface area contributed by atoms with Crippen LogP contribution < -0.4 is 0 Å². The number of pyridine rings is 1. The van der Waals surface area contributed by atoms with E-state index in [1.54, 1.807) is 23.7 Å². The lowest BCUT2D eigenvalue weighted by Gasteiger charge is -2.34. The number of hydrogen-bond donors (Lipinski definition) is 1. The third kappa shape index (κ3) is 4.61. The number of amides is 1. The van der Waals surface area contributed by atoms with E-state index in [1.807, 2.05) is 16.3 Å². The molecule has 0 atom stereocenters. The lowest BCUT2D eigenvalue weighted by Crippen LogP contribution is -2.48. The number of carboxylic acids is 1. The number of thiazole rings is 1. The predicted octanol–water partition coefficient (Wildman–Crippen LogP) is 3.63. The van der Waals surface area contributed by atoms with E-state index in [2.05, 4.69) is 14.9 Å². The molecule has 30 heavy (non-hydrogen) atoms. The van der Waals surface area contributed by atoms with Gasteiger partial charge in [0.25, 0.3) is 5.91 Å². The lowest BCUT2D eigenvalue weighted by molar-refractivity contribution is -0.137. The Morgan fingerprint density at radius 1 is 1.13 bits per heavy atom. The molecule has 2 aromatic heterocycles. The standard InChI is InChI=1S/C21H21ClN4O3S/c22-16-11-18(19-12-30-13-23-19)24-17-10-14(3-4-15(16)17)21(29)26-8-6-25(7-9-26)5-1-2-20(27)28/h3-4,10-13H,1-2,5-9H2,(H,27,28). The molecule has 0 aliphatic carbocycles. The number of piperazine rings is 1. The van der Waals surface area contributed by atoms with Gasteiger partial charge in [-0.25, -0.2) is 9.97 Å². The van der Waals surface area contributed by atoms with Crippen molar-refractivity contribution in [1.82, 2.24) is 19.8 Å². The van der Waals surface area contributed by atoms with Crippen molar-refractivity contribution in [2.75, 3.05) is 32.7 Å². The number of aliphatic carboxylic acids is 1. The summed E-state index contributed by atoms with van der Waals surface area (Å²) >= 11 is 7.93. The molecule has 1 aromatic carbocycles. The Labute approximate surface area is 182 Å². The van der Waals surface area contributed by atoms with Crippen molar-refractivity contribution in [2.24, 2.45) is 0 Å². The Morgan fingerprint density at radius 3 is 2.63 bits per heavy atom. The molecule has 0 unspecified atom stereocenters. The van der Waals surface area contributed by atoms with Crippen molar-refractivity contribution in [2.45, 2.75) is 12.8 Å². The van der Waals surface area contributed by atoms with Crippen LogP contribution in [0.5, 0.6) is 0 Å². The Morgan fingerprint density at radius 2 is 1.93 bits per heavy atom. The summed E-state index contributed by atoms with van der Waals surface area (Å²) in [5.74, 6) is -0.800. The molecule has 1 fully saturated rings. The summed E-state index contributed by atoms with van der Waals surface area (Å²) in [6, 6.07) is 7.22. The highest BCUT2D eigenvalue weighted by molar-refractivity contribution is 7.07. The highest BCUT2D eigenvalue weighted by atomic mass is 35.5. The monoisotopic (exact) mass is 444 g/mol. The summed E-state index contributed by atoms with van der Waals surface area (Å²) in [6.07, 6.45) is 0.802. The molecule has 1 aliphatic heterocycles. The lowest BCUT2D eigenvalue weighted by atomic mass is 10.1. The first-order chi connectivity index (χ1) is 14.5. The average molecular weight is 445 g/mol. The fourth-order valence-electron chi connectivity index (χ4n) is 3.60. The summed E-state index contributed by atoms with van der Waals surface area (Å²) in [4.78, 5) is 36.6. The molecule has 9 heteroatoms. The topological polar surface area (TPSA) is 86.6 Å². The van der Waals surface area contributed by atoms with E-state index in [4.69, 9.17) is 16.7 Å². The van der Waals surface area contributed by atoms with Gasteiger partial charge in [-0.05, 0) is 31.2 Å². The molecule has 0 spiro atoms. The number of nitrogens with zero attached hydrogens (tertiary/aromatic N) is 4. The fourth-order valence-corrected chi connectivity index (χ4v) is 4.41.